The van der Waals surface area contributed by atoms with Crippen LogP contribution in [0.4, 0.5) is 10.5 Å². The van der Waals surface area contributed by atoms with Gasteiger partial charge >= 0.3 is 6.03 Å². The fourth-order valence-electron chi connectivity index (χ4n) is 3.19. The Kier molecular flexibility index (Phi) is 5.88. The zero-order chi connectivity index (χ0) is 13.8. The van der Waals surface area contributed by atoms with Gasteiger partial charge in [0.2, 0.25) is 0 Å². The number of carbonyl (C=O) groups excluding carboxylic acids is 1. The molecular weight excluding hydrogens is 286 g/mol. The first-order chi connectivity index (χ1) is 9.86. The number of halogens is 1. The van der Waals surface area contributed by atoms with Crippen LogP contribution in [0.15, 0.2) is 30.3 Å². The highest BCUT2D eigenvalue weighted by atomic mass is 35.5. The van der Waals surface area contributed by atoms with E-state index < -0.39 is 0 Å². The normalized spacial score (nSPS) is 19.1. The molecule has 1 N–H and O–H groups in total. The summed E-state index contributed by atoms with van der Waals surface area (Å²) in [5.41, 5.74) is 1.04. The van der Waals surface area contributed by atoms with Gasteiger partial charge < -0.3 is 10.2 Å². The fourth-order valence-corrected chi connectivity index (χ4v) is 3.19. The molecule has 116 valence electrons. The Morgan fingerprint density at radius 2 is 1.71 bits per heavy atom. The van der Waals surface area contributed by atoms with E-state index in [2.05, 4.69) is 17.4 Å². The van der Waals surface area contributed by atoms with Crippen LogP contribution in [0, 0.1) is 0 Å². The minimum atomic E-state index is 0. The molecule has 0 aromatic heterocycles. The number of piperidine rings is 1. The Morgan fingerprint density at radius 3 is 2.33 bits per heavy atom. The zero-order valence-corrected chi connectivity index (χ0v) is 13.1. The number of amides is 2. The van der Waals surface area contributed by atoms with Crippen molar-refractivity contribution in [1.29, 1.82) is 0 Å². The summed E-state index contributed by atoms with van der Waals surface area (Å²) in [4.78, 5) is 16.9. The molecule has 3 rings (SSSR count). The van der Waals surface area contributed by atoms with E-state index in [4.69, 9.17) is 0 Å². The molecule has 0 aliphatic carbocycles. The average Bonchev–Trinajstić information content (AvgIpc) is 3.04. The second-order valence-electron chi connectivity index (χ2n) is 5.66. The first-order valence-electron chi connectivity index (χ1n) is 7.70. The van der Waals surface area contributed by atoms with Crippen LogP contribution < -0.4 is 10.2 Å². The lowest BCUT2D eigenvalue weighted by Crippen LogP contribution is -2.51. The molecule has 0 radical (unpaired) electrons. The molecule has 0 atom stereocenters. The second kappa shape index (κ2) is 7.66. The van der Waals surface area contributed by atoms with E-state index in [-0.39, 0.29) is 18.4 Å². The van der Waals surface area contributed by atoms with Crippen LogP contribution in [-0.2, 0) is 0 Å². The highest BCUT2D eigenvalue weighted by molar-refractivity contribution is 5.92. The molecule has 2 saturated heterocycles. The number of hydrogen-bond donors (Lipinski definition) is 1. The lowest BCUT2D eigenvalue weighted by molar-refractivity contribution is 0.210. The zero-order valence-electron chi connectivity index (χ0n) is 12.3. The smallest absolute Gasteiger partial charge is 0.324 e. The van der Waals surface area contributed by atoms with Gasteiger partial charge in [0.05, 0.1) is 0 Å². The van der Waals surface area contributed by atoms with Crippen LogP contribution in [0.1, 0.15) is 25.7 Å². The summed E-state index contributed by atoms with van der Waals surface area (Å²) in [6.07, 6.45) is 4.35. The number of hydrogen-bond acceptors (Lipinski definition) is 2. The van der Waals surface area contributed by atoms with E-state index in [9.17, 15) is 4.79 Å². The first-order valence-corrected chi connectivity index (χ1v) is 7.70. The van der Waals surface area contributed by atoms with Crippen molar-refractivity contribution in [3.63, 3.8) is 0 Å². The largest absolute Gasteiger partial charge is 0.324 e. The standard InChI is InChI=1S/C16H23N3O.ClH/c20-16(18-12-4-5-13-18)19(14-6-2-1-3-7-14)15-8-10-17-11-9-15;/h1-3,6-7,15,17H,4-5,8-13H2;1H. The predicted molar refractivity (Wildman–Crippen MR) is 88.3 cm³/mol. The topological polar surface area (TPSA) is 35.6 Å². The second-order valence-corrected chi connectivity index (χ2v) is 5.66. The third kappa shape index (κ3) is 3.69. The predicted octanol–water partition coefficient (Wildman–Crippen LogP) is 2.88. The molecule has 5 heteroatoms. The summed E-state index contributed by atoms with van der Waals surface area (Å²) >= 11 is 0. The summed E-state index contributed by atoms with van der Waals surface area (Å²) < 4.78 is 0. The minimum Gasteiger partial charge on any atom is -0.324 e. The monoisotopic (exact) mass is 309 g/mol. The van der Waals surface area contributed by atoms with Gasteiger partial charge in [0.15, 0.2) is 0 Å². The lowest BCUT2D eigenvalue weighted by Gasteiger charge is -2.37. The van der Waals surface area contributed by atoms with Crippen molar-refractivity contribution in [3.05, 3.63) is 30.3 Å². The molecule has 0 bridgehead atoms. The maximum Gasteiger partial charge on any atom is 0.324 e. The van der Waals surface area contributed by atoms with E-state index >= 15 is 0 Å². The molecule has 2 amide bonds. The van der Waals surface area contributed by atoms with Crippen LogP contribution in [0.5, 0.6) is 0 Å². The molecule has 1 aromatic rings. The Morgan fingerprint density at radius 1 is 1.10 bits per heavy atom. The third-order valence-corrected chi connectivity index (χ3v) is 4.29. The van der Waals surface area contributed by atoms with Crippen molar-refractivity contribution < 1.29 is 4.79 Å². The Bertz CT molecular complexity index is 442. The van der Waals surface area contributed by atoms with Gasteiger partial charge in [-0.3, -0.25) is 4.90 Å². The summed E-state index contributed by atoms with van der Waals surface area (Å²) in [5, 5.41) is 3.38. The first kappa shape index (κ1) is 16.1. The van der Waals surface area contributed by atoms with Gasteiger partial charge in [0, 0.05) is 24.8 Å². The number of rotatable bonds is 2. The van der Waals surface area contributed by atoms with Crippen LogP contribution in [0.2, 0.25) is 0 Å². The number of anilines is 1. The van der Waals surface area contributed by atoms with Crippen molar-refractivity contribution >= 4 is 24.1 Å². The Hall–Kier alpha value is -1.26. The summed E-state index contributed by atoms with van der Waals surface area (Å²) in [5.74, 6) is 0. The van der Waals surface area contributed by atoms with E-state index in [1.165, 1.54) is 0 Å². The molecular formula is C16H24ClN3O. The highest BCUT2D eigenvalue weighted by Gasteiger charge is 2.31. The molecule has 0 spiro atoms. The van der Waals surface area contributed by atoms with Crippen molar-refractivity contribution in [2.24, 2.45) is 0 Å². The third-order valence-electron chi connectivity index (χ3n) is 4.29. The summed E-state index contributed by atoms with van der Waals surface area (Å²) in [6, 6.07) is 10.7. The molecule has 4 nitrogen and oxygen atoms in total. The maximum atomic E-state index is 12.9. The van der Waals surface area contributed by atoms with Crippen LogP contribution >= 0.6 is 12.4 Å². The summed E-state index contributed by atoms with van der Waals surface area (Å²) in [7, 11) is 0. The summed E-state index contributed by atoms with van der Waals surface area (Å²) in [6.45, 7) is 3.82. The SMILES string of the molecule is Cl.O=C(N1CCCC1)N(c1ccccc1)C1CCNCC1. The quantitative estimate of drug-likeness (QED) is 0.912. The van der Waals surface area contributed by atoms with Crippen LogP contribution in [0.25, 0.3) is 0 Å². The van der Waals surface area contributed by atoms with Gasteiger partial charge in [0.1, 0.15) is 0 Å². The molecule has 1 aromatic carbocycles. The molecule has 2 aliphatic rings. The number of urea groups is 1. The van der Waals surface area contributed by atoms with E-state index in [0.717, 1.165) is 57.5 Å². The lowest BCUT2D eigenvalue weighted by atomic mass is 10.0. The van der Waals surface area contributed by atoms with Crippen LogP contribution in [0.3, 0.4) is 0 Å². The van der Waals surface area contributed by atoms with Gasteiger partial charge in [-0.25, -0.2) is 4.79 Å². The molecule has 2 fully saturated rings. The van der Waals surface area contributed by atoms with Crippen molar-refractivity contribution in [2.45, 2.75) is 31.7 Å². The van der Waals surface area contributed by atoms with Gasteiger partial charge in [-0.2, -0.15) is 0 Å². The number of likely N-dealkylation sites (tertiary alicyclic amines) is 1. The van der Waals surface area contributed by atoms with E-state index in [0.29, 0.717) is 6.04 Å². The number of nitrogens with zero attached hydrogens (tertiary/aromatic N) is 2. The Balaban J connectivity index is 0.00000161. The van der Waals surface area contributed by atoms with Gasteiger partial charge in [-0.05, 0) is 50.9 Å². The number of carbonyl (C=O) groups is 1. The molecule has 2 heterocycles. The van der Waals surface area contributed by atoms with Crippen molar-refractivity contribution in [2.75, 3.05) is 31.1 Å². The minimum absolute atomic E-state index is 0. The van der Waals surface area contributed by atoms with Gasteiger partial charge in [-0.15, -0.1) is 12.4 Å². The number of para-hydroxylation sites is 1. The van der Waals surface area contributed by atoms with Gasteiger partial charge in [0.25, 0.3) is 0 Å². The average molecular weight is 310 g/mol. The molecule has 2 aliphatic heterocycles. The molecule has 21 heavy (non-hydrogen) atoms. The van der Waals surface area contributed by atoms with E-state index in [1.54, 1.807) is 0 Å². The maximum absolute atomic E-state index is 12.9. The Labute approximate surface area is 132 Å². The van der Waals surface area contributed by atoms with Crippen LogP contribution in [-0.4, -0.2) is 43.2 Å². The van der Waals surface area contributed by atoms with Crippen molar-refractivity contribution in [3.8, 4) is 0 Å². The highest BCUT2D eigenvalue weighted by Crippen LogP contribution is 2.24. The number of benzene rings is 1. The fraction of sp³-hybridized carbons (Fsp3) is 0.562. The number of nitrogens with one attached hydrogen (secondary N) is 1. The molecule has 0 unspecified atom stereocenters. The van der Waals surface area contributed by atoms with E-state index in [1.807, 2.05) is 28.0 Å². The van der Waals surface area contributed by atoms with Crippen molar-refractivity contribution in [1.82, 2.24) is 10.2 Å². The molecule has 0 saturated carbocycles. The van der Waals surface area contributed by atoms with Gasteiger partial charge in [-0.1, -0.05) is 18.2 Å².